The average Bonchev–Trinajstić information content (AvgIpc) is 2.78. The summed E-state index contributed by atoms with van der Waals surface area (Å²) >= 11 is 0. The number of halogens is 1. The van der Waals surface area contributed by atoms with Crippen molar-refractivity contribution < 1.29 is 18.7 Å². The molecule has 31 heavy (non-hydrogen) atoms. The molecule has 0 aliphatic rings. The van der Waals surface area contributed by atoms with Crippen LogP contribution in [0.4, 0.5) is 4.39 Å². The molecule has 0 bridgehead atoms. The van der Waals surface area contributed by atoms with Gasteiger partial charge in [0.25, 0.3) is 5.56 Å². The molecule has 1 aromatic heterocycles. The van der Waals surface area contributed by atoms with E-state index in [2.05, 4.69) is 5.10 Å². The van der Waals surface area contributed by atoms with Crippen LogP contribution in [0.1, 0.15) is 21.6 Å². The van der Waals surface area contributed by atoms with E-state index in [0.29, 0.717) is 27.6 Å². The number of ketones is 1. The first-order chi connectivity index (χ1) is 14.9. The Labute approximate surface area is 176 Å². The van der Waals surface area contributed by atoms with Crippen LogP contribution in [0.25, 0.3) is 10.8 Å². The van der Waals surface area contributed by atoms with Gasteiger partial charge in [0.2, 0.25) is 0 Å². The third-order valence-electron chi connectivity index (χ3n) is 4.80. The number of fused-ring (bicyclic) bond motifs is 1. The molecule has 0 aliphatic carbocycles. The monoisotopic (exact) mass is 416 g/mol. The maximum atomic E-state index is 13.0. The van der Waals surface area contributed by atoms with E-state index in [0.717, 1.165) is 0 Å². The van der Waals surface area contributed by atoms with Crippen LogP contribution in [0.3, 0.4) is 0 Å². The molecule has 0 atom stereocenters. The minimum Gasteiger partial charge on any atom is -0.426 e. The molecule has 0 radical (unpaired) electrons. The molecular weight excluding hydrogens is 399 g/mol. The summed E-state index contributed by atoms with van der Waals surface area (Å²) in [5.41, 5.74) is 0.941. The van der Waals surface area contributed by atoms with Gasteiger partial charge in [-0.3, -0.25) is 14.4 Å². The maximum Gasteiger partial charge on any atom is 0.317 e. The number of rotatable bonds is 5. The number of hydrogen-bond donors (Lipinski definition) is 0. The Kier molecular flexibility index (Phi) is 5.41. The van der Waals surface area contributed by atoms with Gasteiger partial charge >= 0.3 is 5.97 Å². The summed E-state index contributed by atoms with van der Waals surface area (Å²) < 4.78 is 19.6. The van der Waals surface area contributed by atoms with E-state index in [9.17, 15) is 18.8 Å². The van der Waals surface area contributed by atoms with E-state index < -0.39 is 11.8 Å². The maximum absolute atomic E-state index is 13.0. The van der Waals surface area contributed by atoms with Gasteiger partial charge in [0.15, 0.2) is 5.78 Å². The Bertz CT molecular complexity index is 1340. The van der Waals surface area contributed by atoms with Crippen molar-refractivity contribution in [1.82, 2.24) is 9.78 Å². The standard InChI is InChI=1S/C24H17FN2O4/c1-27-24(30)20-5-3-2-4-19(20)21(26-27)14-22(28)31-18-12-8-16(9-13-18)23(29)15-6-10-17(25)11-7-15/h2-13H,14H2,1H3. The summed E-state index contributed by atoms with van der Waals surface area (Å²) in [4.78, 5) is 37.1. The van der Waals surface area contributed by atoms with Crippen molar-refractivity contribution in [3.8, 4) is 5.75 Å². The first kappa shape index (κ1) is 20.2. The zero-order valence-corrected chi connectivity index (χ0v) is 16.5. The summed E-state index contributed by atoms with van der Waals surface area (Å²) in [5.74, 6) is -0.956. The van der Waals surface area contributed by atoms with Crippen molar-refractivity contribution in [3.05, 3.63) is 106 Å². The Morgan fingerprint density at radius 1 is 0.903 bits per heavy atom. The molecule has 7 heteroatoms. The van der Waals surface area contributed by atoms with Crippen LogP contribution in [-0.2, 0) is 18.3 Å². The third kappa shape index (κ3) is 4.25. The molecule has 1 heterocycles. The van der Waals surface area contributed by atoms with Gasteiger partial charge in [0.1, 0.15) is 11.6 Å². The highest BCUT2D eigenvalue weighted by Crippen LogP contribution is 2.18. The lowest BCUT2D eigenvalue weighted by molar-refractivity contribution is -0.133. The van der Waals surface area contributed by atoms with E-state index in [1.54, 1.807) is 24.3 Å². The summed E-state index contributed by atoms with van der Waals surface area (Å²) in [6.45, 7) is 0. The van der Waals surface area contributed by atoms with Gasteiger partial charge in [-0.05, 0) is 54.6 Å². The number of benzene rings is 3. The van der Waals surface area contributed by atoms with E-state index in [1.165, 1.54) is 60.3 Å². The van der Waals surface area contributed by atoms with Gasteiger partial charge in [0.05, 0.1) is 17.5 Å². The second kappa shape index (κ2) is 8.31. The molecule has 4 aromatic rings. The lowest BCUT2D eigenvalue weighted by atomic mass is 10.0. The minimum atomic E-state index is -0.547. The molecule has 154 valence electrons. The number of aryl methyl sites for hydroxylation is 1. The van der Waals surface area contributed by atoms with Crippen molar-refractivity contribution in [2.45, 2.75) is 6.42 Å². The zero-order chi connectivity index (χ0) is 22.0. The predicted octanol–water partition coefficient (Wildman–Crippen LogP) is 3.45. The quantitative estimate of drug-likeness (QED) is 0.283. The smallest absolute Gasteiger partial charge is 0.317 e. The fourth-order valence-electron chi connectivity index (χ4n) is 3.25. The minimum absolute atomic E-state index is 0.120. The lowest BCUT2D eigenvalue weighted by Crippen LogP contribution is -2.23. The topological polar surface area (TPSA) is 78.3 Å². The number of hydrogen-bond acceptors (Lipinski definition) is 5. The molecule has 0 aliphatic heterocycles. The Balaban J connectivity index is 1.49. The van der Waals surface area contributed by atoms with Crippen LogP contribution in [0.5, 0.6) is 5.75 Å². The van der Waals surface area contributed by atoms with Gasteiger partial charge in [-0.15, -0.1) is 0 Å². The average molecular weight is 416 g/mol. The van der Waals surface area contributed by atoms with Crippen LogP contribution in [0.2, 0.25) is 0 Å². The number of ether oxygens (including phenoxy) is 1. The molecule has 0 fully saturated rings. The van der Waals surface area contributed by atoms with E-state index >= 15 is 0 Å². The first-order valence-electron chi connectivity index (χ1n) is 9.48. The van der Waals surface area contributed by atoms with Crippen LogP contribution in [0.15, 0.2) is 77.6 Å². The molecule has 4 rings (SSSR count). The van der Waals surface area contributed by atoms with Crippen molar-refractivity contribution in [2.24, 2.45) is 7.05 Å². The zero-order valence-electron chi connectivity index (χ0n) is 16.5. The van der Waals surface area contributed by atoms with Crippen molar-refractivity contribution in [3.63, 3.8) is 0 Å². The molecule has 0 saturated heterocycles. The Morgan fingerprint density at radius 3 is 2.13 bits per heavy atom. The van der Waals surface area contributed by atoms with Crippen LogP contribution >= 0.6 is 0 Å². The largest absolute Gasteiger partial charge is 0.426 e. The van der Waals surface area contributed by atoms with Crippen molar-refractivity contribution in [1.29, 1.82) is 0 Å². The Hall–Kier alpha value is -4.13. The molecule has 0 spiro atoms. The summed E-state index contributed by atoms with van der Waals surface area (Å²) in [6.07, 6.45) is -0.120. The number of carbonyl (C=O) groups excluding carboxylic acids is 2. The first-order valence-corrected chi connectivity index (χ1v) is 9.48. The van der Waals surface area contributed by atoms with Gasteiger partial charge in [0, 0.05) is 23.6 Å². The van der Waals surface area contributed by atoms with Crippen molar-refractivity contribution in [2.75, 3.05) is 0 Å². The molecule has 0 N–H and O–H groups in total. The fraction of sp³-hybridized carbons (Fsp3) is 0.0833. The molecule has 0 saturated carbocycles. The van der Waals surface area contributed by atoms with Gasteiger partial charge < -0.3 is 4.74 Å². The molecular formula is C24H17FN2O4. The van der Waals surface area contributed by atoms with E-state index in [4.69, 9.17) is 4.74 Å². The number of aromatic nitrogens is 2. The van der Waals surface area contributed by atoms with E-state index in [1.807, 2.05) is 0 Å². The molecule has 3 aromatic carbocycles. The van der Waals surface area contributed by atoms with Gasteiger partial charge in [-0.2, -0.15) is 5.10 Å². The highest BCUT2D eigenvalue weighted by molar-refractivity contribution is 6.09. The number of carbonyl (C=O) groups is 2. The Morgan fingerprint density at radius 2 is 1.48 bits per heavy atom. The fourth-order valence-corrected chi connectivity index (χ4v) is 3.25. The molecule has 0 amide bonds. The van der Waals surface area contributed by atoms with E-state index in [-0.39, 0.29) is 23.5 Å². The van der Waals surface area contributed by atoms with Crippen LogP contribution < -0.4 is 10.3 Å². The van der Waals surface area contributed by atoms with Crippen LogP contribution in [0, 0.1) is 5.82 Å². The van der Waals surface area contributed by atoms with Gasteiger partial charge in [-0.1, -0.05) is 18.2 Å². The number of nitrogens with zero attached hydrogens (tertiary/aromatic N) is 2. The lowest BCUT2D eigenvalue weighted by Gasteiger charge is -2.09. The van der Waals surface area contributed by atoms with Gasteiger partial charge in [-0.25, -0.2) is 9.07 Å². The summed E-state index contributed by atoms with van der Waals surface area (Å²) in [7, 11) is 1.53. The summed E-state index contributed by atoms with van der Waals surface area (Å²) in [5, 5.41) is 5.27. The third-order valence-corrected chi connectivity index (χ3v) is 4.80. The summed E-state index contributed by atoms with van der Waals surface area (Å²) in [6, 6.07) is 18.3. The highest BCUT2D eigenvalue weighted by Gasteiger charge is 2.15. The molecule has 6 nitrogen and oxygen atoms in total. The molecule has 0 unspecified atom stereocenters. The van der Waals surface area contributed by atoms with Crippen molar-refractivity contribution >= 4 is 22.5 Å². The normalized spacial score (nSPS) is 10.8. The second-order valence-corrected chi connectivity index (χ2v) is 6.93. The second-order valence-electron chi connectivity index (χ2n) is 6.93. The van der Waals surface area contributed by atoms with Crippen LogP contribution in [-0.4, -0.2) is 21.5 Å². The predicted molar refractivity (Wildman–Crippen MR) is 113 cm³/mol. The highest BCUT2D eigenvalue weighted by atomic mass is 19.1. The SMILES string of the molecule is Cn1nc(CC(=O)Oc2ccc(C(=O)c3ccc(F)cc3)cc2)c2ccccc2c1=O. The number of esters is 1.